The molecule has 0 heterocycles. The van der Waals surface area contributed by atoms with E-state index in [0.717, 1.165) is 22.7 Å². The molecule has 0 saturated carbocycles. The van der Waals surface area contributed by atoms with Crippen molar-refractivity contribution in [2.45, 2.75) is 57.8 Å². The predicted molar refractivity (Wildman–Crippen MR) is 98.8 cm³/mol. The van der Waals surface area contributed by atoms with E-state index in [4.69, 9.17) is 5.73 Å². The minimum absolute atomic E-state index is 0.106. The van der Waals surface area contributed by atoms with Gasteiger partial charge in [0, 0.05) is 0 Å². The lowest BCUT2D eigenvalue weighted by Gasteiger charge is -2.00. The quantitative estimate of drug-likeness (QED) is 0.333. The highest BCUT2D eigenvalue weighted by Crippen LogP contribution is 2.16. The van der Waals surface area contributed by atoms with Crippen LogP contribution in [0.3, 0.4) is 0 Å². The highest BCUT2D eigenvalue weighted by Gasteiger charge is 1.97. The molecule has 0 saturated heterocycles. The molecule has 0 aliphatic heterocycles. The molecule has 0 radical (unpaired) electrons. The van der Waals surface area contributed by atoms with Gasteiger partial charge in [-0.15, -0.1) is 0 Å². The summed E-state index contributed by atoms with van der Waals surface area (Å²) in [4.78, 5) is 21.7. The van der Waals surface area contributed by atoms with Gasteiger partial charge in [0.05, 0.1) is 9.94 Å². The molecule has 0 fully saturated rings. The molecule has 0 rings (SSSR count). The summed E-state index contributed by atoms with van der Waals surface area (Å²) in [5.74, 6) is -0.791. The summed E-state index contributed by atoms with van der Waals surface area (Å²) in [5, 5.41) is 2.41. The summed E-state index contributed by atoms with van der Waals surface area (Å²) < 4.78 is 1.04. The number of rotatable bonds is 13. The van der Waals surface area contributed by atoms with Crippen molar-refractivity contribution < 1.29 is 9.59 Å². The van der Waals surface area contributed by atoms with Gasteiger partial charge in [0.2, 0.25) is 11.8 Å². The van der Waals surface area contributed by atoms with E-state index in [-0.39, 0.29) is 12.5 Å². The summed E-state index contributed by atoms with van der Waals surface area (Å²) in [6.45, 7) is -0.106. The normalized spacial score (nSPS) is 10.6. The van der Waals surface area contributed by atoms with Gasteiger partial charge in [0.15, 0.2) is 0 Å². The van der Waals surface area contributed by atoms with Gasteiger partial charge < -0.3 is 11.1 Å². The molecule has 0 aromatic carbocycles. The standard InChI is InChI=1S/C16H26Br2N2O2/c17-14(18)11-9-7-5-3-1-2-4-6-8-10-12-16(22)20-13-15(19)21/h10-12H,1-9,13H2,(H2,19,21)(H,20,22)/b12-10+. The third kappa shape index (κ3) is 17.4. The summed E-state index contributed by atoms with van der Waals surface area (Å²) in [6.07, 6.45) is 16.1. The summed E-state index contributed by atoms with van der Waals surface area (Å²) in [5.41, 5.74) is 4.93. The molecule has 0 spiro atoms. The molecule has 0 bridgehead atoms. The fraction of sp³-hybridized carbons (Fsp3) is 0.625. The SMILES string of the molecule is NC(=O)CNC(=O)/C=C/CCCCCCCCCC=C(Br)Br. The van der Waals surface area contributed by atoms with Gasteiger partial charge in [0.25, 0.3) is 0 Å². The Morgan fingerprint density at radius 2 is 1.45 bits per heavy atom. The first-order valence-corrected chi connectivity index (χ1v) is 9.35. The van der Waals surface area contributed by atoms with Gasteiger partial charge in [-0.3, -0.25) is 9.59 Å². The zero-order valence-electron chi connectivity index (χ0n) is 13.0. The number of hydrogen-bond acceptors (Lipinski definition) is 2. The average Bonchev–Trinajstić information content (AvgIpc) is 2.45. The van der Waals surface area contributed by atoms with Gasteiger partial charge in [-0.2, -0.15) is 0 Å². The molecule has 3 N–H and O–H groups in total. The summed E-state index contributed by atoms with van der Waals surface area (Å²) >= 11 is 6.70. The van der Waals surface area contributed by atoms with Crippen molar-refractivity contribution in [2.24, 2.45) is 5.73 Å². The lowest BCUT2D eigenvalue weighted by Crippen LogP contribution is -2.32. The fourth-order valence-corrected chi connectivity index (χ4v) is 2.38. The number of nitrogens with one attached hydrogen (secondary N) is 1. The molecule has 0 aliphatic rings. The number of primary amides is 1. The molecule has 0 atom stereocenters. The number of allylic oxidation sites excluding steroid dienone is 2. The maximum Gasteiger partial charge on any atom is 0.244 e. The van der Waals surface area contributed by atoms with Crippen LogP contribution in [0.1, 0.15) is 57.8 Å². The van der Waals surface area contributed by atoms with Crippen molar-refractivity contribution in [3.05, 3.63) is 21.6 Å². The minimum atomic E-state index is -0.530. The highest BCUT2D eigenvalue weighted by molar-refractivity contribution is 9.28. The number of nitrogens with two attached hydrogens (primary N) is 1. The van der Waals surface area contributed by atoms with Crippen LogP contribution in [0.25, 0.3) is 0 Å². The highest BCUT2D eigenvalue weighted by atomic mass is 79.9. The Labute approximate surface area is 150 Å². The van der Waals surface area contributed by atoms with Gasteiger partial charge in [-0.1, -0.05) is 44.3 Å². The Hall–Kier alpha value is -0.620. The first kappa shape index (κ1) is 21.4. The van der Waals surface area contributed by atoms with Gasteiger partial charge >= 0.3 is 0 Å². The van der Waals surface area contributed by atoms with Gasteiger partial charge in [0.1, 0.15) is 0 Å². The number of hydrogen-bond donors (Lipinski definition) is 2. The van der Waals surface area contributed by atoms with E-state index in [1.54, 1.807) is 0 Å². The Morgan fingerprint density at radius 3 is 2.00 bits per heavy atom. The summed E-state index contributed by atoms with van der Waals surface area (Å²) in [7, 11) is 0. The van der Waals surface area contributed by atoms with Gasteiger partial charge in [-0.05, 0) is 63.6 Å². The predicted octanol–water partition coefficient (Wildman–Crippen LogP) is 4.29. The molecule has 0 aliphatic carbocycles. The van der Waals surface area contributed by atoms with E-state index in [1.807, 2.05) is 6.08 Å². The van der Waals surface area contributed by atoms with Crippen LogP contribution in [0.15, 0.2) is 21.6 Å². The molecular formula is C16H26Br2N2O2. The van der Waals surface area contributed by atoms with Crippen LogP contribution in [0, 0.1) is 0 Å². The number of unbranched alkanes of at least 4 members (excludes halogenated alkanes) is 8. The van der Waals surface area contributed by atoms with E-state index in [1.165, 1.54) is 44.6 Å². The molecule has 4 nitrogen and oxygen atoms in total. The van der Waals surface area contributed by atoms with Crippen LogP contribution in [-0.2, 0) is 9.59 Å². The second kappa shape index (κ2) is 15.3. The topological polar surface area (TPSA) is 72.2 Å². The van der Waals surface area contributed by atoms with Crippen LogP contribution in [0.4, 0.5) is 0 Å². The zero-order chi connectivity index (χ0) is 16.6. The lowest BCUT2D eigenvalue weighted by molar-refractivity contribution is -0.122. The Kier molecular flexibility index (Phi) is 14.9. The molecule has 0 aromatic heterocycles. The number of amides is 2. The van der Waals surface area contributed by atoms with Crippen LogP contribution < -0.4 is 11.1 Å². The Bertz CT molecular complexity index is 378. The Morgan fingerprint density at radius 1 is 0.909 bits per heavy atom. The van der Waals surface area contributed by atoms with Gasteiger partial charge in [-0.25, -0.2) is 0 Å². The zero-order valence-corrected chi connectivity index (χ0v) is 16.1. The van der Waals surface area contributed by atoms with Crippen molar-refractivity contribution in [1.82, 2.24) is 5.32 Å². The molecule has 126 valence electrons. The lowest BCUT2D eigenvalue weighted by atomic mass is 10.1. The number of carbonyl (C=O) groups is 2. The third-order valence-electron chi connectivity index (χ3n) is 3.08. The summed E-state index contributed by atoms with van der Waals surface area (Å²) in [6, 6.07) is 0. The fourth-order valence-electron chi connectivity index (χ4n) is 1.93. The van der Waals surface area contributed by atoms with E-state index in [2.05, 4.69) is 43.3 Å². The van der Waals surface area contributed by atoms with E-state index < -0.39 is 5.91 Å². The Balaban J connectivity index is 3.31. The monoisotopic (exact) mass is 436 g/mol. The van der Waals surface area contributed by atoms with Crippen molar-refractivity contribution in [2.75, 3.05) is 6.54 Å². The van der Waals surface area contributed by atoms with Crippen LogP contribution in [0.2, 0.25) is 0 Å². The van der Waals surface area contributed by atoms with Crippen molar-refractivity contribution in [3.63, 3.8) is 0 Å². The number of halogens is 2. The molecule has 22 heavy (non-hydrogen) atoms. The van der Waals surface area contributed by atoms with Crippen molar-refractivity contribution in [1.29, 1.82) is 0 Å². The average molecular weight is 438 g/mol. The van der Waals surface area contributed by atoms with Crippen LogP contribution >= 0.6 is 31.9 Å². The maximum atomic E-state index is 11.2. The van der Waals surface area contributed by atoms with Crippen LogP contribution in [-0.4, -0.2) is 18.4 Å². The first-order chi connectivity index (χ1) is 10.5. The minimum Gasteiger partial charge on any atom is -0.368 e. The molecule has 0 unspecified atom stereocenters. The smallest absolute Gasteiger partial charge is 0.244 e. The molecule has 6 heteroatoms. The number of carbonyl (C=O) groups excluding carboxylic acids is 2. The van der Waals surface area contributed by atoms with E-state index in [0.29, 0.717) is 0 Å². The second-order valence-electron chi connectivity index (χ2n) is 5.13. The van der Waals surface area contributed by atoms with Crippen molar-refractivity contribution >= 4 is 43.7 Å². The largest absolute Gasteiger partial charge is 0.368 e. The maximum absolute atomic E-state index is 11.2. The first-order valence-electron chi connectivity index (χ1n) is 7.76. The molecule has 0 aromatic rings. The van der Waals surface area contributed by atoms with E-state index >= 15 is 0 Å². The van der Waals surface area contributed by atoms with Crippen LogP contribution in [0.5, 0.6) is 0 Å². The second-order valence-corrected chi connectivity index (χ2v) is 7.91. The van der Waals surface area contributed by atoms with E-state index in [9.17, 15) is 9.59 Å². The molecule has 2 amide bonds. The third-order valence-corrected chi connectivity index (χ3v) is 3.73. The van der Waals surface area contributed by atoms with Crippen molar-refractivity contribution in [3.8, 4) is 0 Å². The molecular weight excluding hydrogens is 412 g/mol.